The van der Waals surface area contributed by atoms with E-state index in [1.807, 2.05) is 12.1 Å². The van der Waals surface area contributed by atoms with Crippen LogP contribution in [-0.2, 0) is 0 Å². The van der Waals surface area contributed by atoms with E-state index in [1.165, 1.54) is 0 Å². The van der Waals surface area contributed by atoms with Gasteiger partial charge in [0.05, 0.1) is 0 Å². The fourth-order valence-electron chi connectivity index (χ4n) is 0.726. The molecule has 1 N–H and O–H groups in total. The zero-order chi connectivity index (χ0) is 6.10. The number of fused-ring (bicyclic) bond motifs is 1. The van der Waals surface area contributed by atoms with Gasteiger partial charge in [0.15, 0.2) is 5.65 Å². The molecule has 3 heteroatoms. The van der Waals surface area contributed by atoms with Gasteiger partial charge in [-0.2, -0.15) is 5.10 Å². The predicted molar refractivity (Wildman–Crippen MR) is 32.7 cm³/mol. The van der Waals surface area contributed by atoms with Gasteiger partial charge in [0.25, 0.3) is 0 Å². The maximum atomic E-state index is 3.99. The topological polar surface area (TPSA) is 41.6 Å². The van der Waals surface area contributed by atoms with Crippen molar-refractivity contribution in [2.24, 2.45) is 0 Å². The molecule has 2 heterocycles. The minimum absolute atomic E-state index is 0.789. The van der Waals surface area contributed by atoms with Gasteiger partial charge in [-0.1, -0.05) is 0 Å². The molecular weight excluding hydrogens is 114 g/mol. The summed E-state index contributed by atoms with van der Waals surface area (Å²) < 4.78 is 0. The van der Waals surface area contributed by atoms with Gasteiger partial charge in [-0.05, 0) is 12.1 Å². The van der Waals surface area contributed by atoms with Crippen LogP contribution < -0.4 is 0 Å². The molecule has 0 aliphatic carbocycles. The molecule has 0 saturated carbocycles. The van der Waals surface area contributed by atoms with Crippen molar-refractivity contribution in [3.8, 4) is 0 Å². The van der Waals surface area contributed by atoms with Crippen molar-refractivity contribution in [1.82, 2.24) is 15.2 Å². The number of hydrogen-bond acceptors (Lipinski definition) is 2. The minimum Gasteiger partial charge on any atom is -0.260 e. The number of nitrogens with zero attached hydrogens (tertiary/aromatic N) is 2. The molecule has 0 unspecified atom stereocenters. The van der Waals surface area contributed by atoms with Crippen molar-refractivity contribution in [2.45, 2.75) is 0 Å². The van der Waals surface area contributed by atoms with Crippen LogP contribution >= 0.6 is 0 Å². The first kappa shape index (κ1) is 4.49. The third-order valence-corrected chi connectivity index (χ3v) is 1.15. The highest BCUT2D eigenvalue weighted by Crippen LogP contribution is 2.02. The molecule has 0 spiro atoms. The van der Waals surface area contributed by atoms with Crippen LogP contribution in [0.5, 0.6) is 0 Å². The molecule has 2 aromatic heterocycles. The van der Waals surface area contributed by atoms with Crippen molar-refractivity contribution in [3.63, 3.8) is 0 Å². The summed E-state index contributed by atoms with van der Waals surface area (Å²) in [5, 5.41) is 7.32. The number of pyridine rings is 1. The lowest BCUT2D eigenvalue weighted by atomic mass is 10.4. The van der Waals surface area contributed by atoms with Crippen molar-refractivity contribution in [1.29, 1.82) is 0 Å². The van der Waals surface area contributed by atoms with Crippen LogP contribution in [0.2, 0.25) is 0 Å². The van der Waals surface area contributed by atoms with Crippen LogP contribution in [-0.4, -0.2) is 15.2 Å². The van der Waals surface area contributed by atoms with Crippen LogP contribution in [0.1, 0.15) is 0 Å². The number of H-pyrrole nitrogens is 1. The number of hydrogen-bond donors (Lipinski definition) is 1. The molecule has 0 fully saturated rings. The summed E-state index contributed by atoms with van der Waals surface area (Å²) >= 11 is 0. The molecule has 2 rings (SSSR count). The lowest BCUT2D eigenvalue weighted by molar-refractivity contribution is 1.09. The largest absolute Gasteiger partial charge is 0.260 e. The van der Waals surface area contributed by atoms with E-state index < -0.39 is 0 Å². The van der Waals surface area contributed by atoms with E-state index >= 15 is 0 Å². The van der Waals surface area contributed by atoms with Crippen molar-refractivity contribution < 1.29 is 0 Å². The minimum atomic E-state index is 0.789. The Morgan fingerprint density at radius 2 is 2.56 bits per heavy atom. The molecule has 3 nitrogen and oxygen atoms in total. The molecule has 0 saturated heterocycles. The van der Waals surface area contributed by atoms with Gasteiger partial charge < -0.3 is 0 Å². The monoisotopic (exact) mass is 118 g/mol. The summed E-state index contributed by atoms with van der Waals surface area (Å²) in [4.78, 5) is 3.99. The Balaban J connectivity index is 2.95. The maximum Gasteiger partial charge on any atom is 0.155 e. The van der Waals surface area contributed by atoms with Crippen LogP contribution in [0.25, 0.3) is 11.0 Å². The Hall–Kier alpha value is -1.38. The Kier molecular flexibility index (Phi) is 0.773. The Labute approximate surface area is 51.7 Å². The first-order valence-electron chi connectivity index (χ1n) is 2.63. The summed E-state index contributed by atoms with van der Waals surface area (Å²) in [5.41, 5.74) is 0.789. The first-order chi connectivity index (χ1) is 4.47. The van der Waals surface area contributed by atoms with Crippen molar-refractivity contribution >= 4 is 11.0 Å². The third kappa shape index (κ3) is 0.579. The van der Waals surface area contributed by atoms with Crippen molar-refractivity contribution in [3.05, 3.63) is 24.5 Å². The van der Waals surface area contributed by atoms with Crippen LogP contribution in [0.4, 0.5) is 0 Å². The zero-order valence-electron chi connectivity index (χ0n) is 4.63. The zero-order valence-corrected chi connectivity index (χ0v) is 4.63. The summed E-state index contributed by atoms with van der Waals surface area (Å²) in [6.45, 7) is 0. The van der Waals surface area contributed by atoms with Crippen LogP contribution in [0, 0.1) is 6.20 Å². The Morgan fingerprint density at radius 1 is 1.56 bits per heavy atom. The molecule has 0 atom stereocenters. The molecule has 0 aliphatic heterocycles. The van der Waals surface area contributed by atoms with Crippen LogP contribution in [0.3, 0.4) is 0 Å². The van der Waals surface area contributed by atoms with Crippen LogP contribution in [0.15, 0.2) is 18.3 Å². The van der Waals surface area contributed by atoms with E-state index in [-0.39, 0.29) is 0 Å². The van der Waals surface area contributed by atoms with E-state index in [2.05, 4.69) is 21.4 Å². The summed E-state index contributed by atoms with van der Waals surface area (Å²) in [6.07, 6.45) is 4.47. The quantitative estimate of drug-likeness (QED) is 0.554. The normalized spacial score (nSPS) is 10.2. The van der Waals surface area contributed by atoms with Gasteiger partial charge in [-0.15, -0.1) is 0 Å². The Bertz CT molecular complexity index is 282. The highest BCUT2D eigenvalue weighted by atomic mass is 15.1. The van der Waals surface area contributed by atoms with Gasteiger partial charge in [0.1, 0.15) is 6.20 Å². The van der Waals surface area contributed by atoms with Crippen molar-refractivity contribution in [2.75, 3.05) is 0 Å². The molecule has 0 aromatic carbocycles. The van der Waals surface area contributed by atoms with E-state index in [0.29, 0.717) is 0 Å². The maximum absolute atomic E-state index is 3.99. The fourth-order valence-corrected chi connectivity index (χ4v) is 0.726. The molecule has 1 radical (unpaired) electrons. The second kappa shape index (κ2) is 1.55. The van der Waals surface area contributed by atoms with E-state index in [9.17, 15) is 0 Å². The third-order valence-electron chi connectivity index (χ3n) is 1.15. The van der Waals surface area contributed by atoms with Gasteiger partial charge in [0, 0.05) is 11.6 Å². The Morgan fingerprint density at radius 3 is 3.44 bits per heavy atom. The standard InChI is InChI=1S/C6H4N3/c1-2-5-4-8-9-6(5)7-3-1/h1-3H,(H,7,8,9). The molecule has 0 amide bonds. The van der Waals surface area contributed by atoms with Gasteiger partial charge >= 0.3 is 0 Å². The molecule has 0 bridgehead atoms. The SMILES string of the molecule is [c]1n[nH]c2ncccc12. The van der Waals surface area contributed by atoms with Gasteiger partial charge in [-0.25, -0.2) is 4.98 Å². The number of nitrogens with one attached hydrogen (secondary N) is 1. The summed E-state index contributed by atoms with van der Waals surface area (Å²) in [5.74, 6) is 0. The lowest BCUT2D eigenvalue weighted by Gasteiger charge is -1.80. The van der Waals surface area contributed by atoms with Gasteiger partial charge in [-0.3, -0.25) is 5.10 Å². The van der Waals surface area contributed by atoms with E-state index in [1.54, 1.807) is 6.20 Å². The second-order valence-corrected chi connectivity index (χ2v) is 1.73. The molecule has 43 valence electrons. The average molecular weight is 118 g/mol. The predicted octanol–water partition coefficient (Wildman–Crippen LogP) is 0.758. The highest BCUT2D eigenvalue weighted by Gasteiger charge is 1.90. The lowest BCUT2D eigenvalue weighted by Crippen LogP contribution is -1.71. The number of rotatable bonds is 0. The average Bonchev–Trinajstić information content (AvgIpc) is 2.33. The molecular formula is C6H4N3. The molecule has 9 heavy (non-hydrogen) atoms. The molecule has 0 aliphatic rings. The summed E-state index contributed by atoms with van der Waals surface area (Å²) in [7, 11) is 0. The highest BCUT2D eigenvalue weighted by molar-refractivity contribution is 5.72. The van der Waals surface area contributed by atoms with E-state index in [0.717, 1.165) is 11.0 Å². The fraction of sp³-hybridized carbons (Fsp3) is 0. The number of aromatic nitrogens is 3. The second-order valence-electron chi connectivity index (χ2n) is 1.73. The number of aromatic amines is 1. The van der Waals surface area contributed by atoms with E-state index in [4.69, 9.17) is 0 Å². The smallest absolute Gasteiger partial charge is 0.155 e. The summed E-state index contributed by atoms with van der Waals surface area (Å²) in [6, 6.07) is 3.76. The van der Waals surface area contributed by atoms with Gasteiger partial charge in [0.2, 0.25) is 0 Å². The first-order valence-corrected chi connectivity index (χ1v) is 2.63. The molecule has 2 aromatic rings.